The van der Waals surface area contributed by atoms with Crippen LogP contribution in [0.3, 0.4) is 0 Å². The Hall–Kier alpha value is -1.10. The van der Waals surface area contributed by atoms with Crippen LogP contribution in [0.15, 0.2) is 0 Å². The Morgan fingerprint density at radius 1 is 1.33 bits per heavy atom. The van der Waals surface area contributed by atoms with Crippen LogP contribution in [0.4, 0.5) is 0 Å². The number of aliphatic carboxylic acids is 1. The summed E-state index contributed by atoms with van der Waals surface area (Å²) in [6.07, 6.45) is 0.673. The molecule has 3 N–H and O–H groups in total. The van der Waals surface area contributed by atoms with Gasteiger partial charge in [0.2, 0.25) is 5.91 Å². The van der Waals surface area contributed by atoms with E-state index in [1.807, 2.05) is 6.92 Å². The first-order valence-corrected chi connectivity index (χ1v) is 5.21. The predicted octanol–water partition coefficient (Wildman–Crippen LogP) is 0.355. The maximum absolute atomic E-state index is 11.4. The molecule has 0 aromatic heterocycles. The van der Waals surface area contributed by atoms with Crippen molar-refractivity contribution in [3.63, 3.8) is 0 Å². The normalized spacial score (nSPS) is 14.3. The highest BCUT2D eigenvalue weighted by Crippen LogP contribution is 2.09. The summed E-state index contributed by atoms with van der Waals surface area (Å²) in [4.78, 5) is 22.3. The van der Waals surface area contributed by atoms with E-state index in [1.54, 1.807) is 6.92 Å². The van der Waals surface area contributed by atoms with Gasteiger partial charge in [-0.05, 0) is 19.9 Å². The van der Waals surface area contributed by atoms with Gasteiger partial charge in [-0.1, -0.05) is 13.8 Å². The molecule has 5 nitrogen and oxygen atoms in total. The fourth-order valence-electron chi connectivity index (χ4n) is 1.04. The molecule has 0 aliphatic heterocycles. The van der Waals surface area contributed by atoms with Gasteiger partial charge in [0.15, 0.2) is 0 Å². The molecule has 5 heteroatoms. The van der Waals surface area contributed by atoms with Crippen molar-refractivity contribution in [2.75, 3.05) is 13.1 Å². The third kappa shape index (κ3) is 4.78. The minimum Gasteiger partial charge on any atom is -0.480 e. The Labute approximate surface area is 90.2 Å². The third-order valence-corrected chi connectivity index (χ3v) is 2.37. The second-order valence-electron chi connectivity index (χ2n) is 3.64. The molecule has 0 radical (unpaired) electrons. The van der Waals surface area contributed by atoms with E-state index < -0.39 is 11.5 Å². The molecule has 0 aliphatic rings. The summed E-state index contributed by atoms with van der Waals surface area (Å²) in [6, 6.07) is 0. The molecule has 0 aliphatic carbocycles. The largest absolute Gasteiger partial charge is 0.480 e. The van der Waals surface area contributed by atoms with Gasteiger partial charge in [-0.15, -0.1) is 0 Å². The first-order valence-electron chi connectivity index (χ1n) is 5.21. The lowest BCUT2D eigenvalue weighted by Crippen LogP contribution is -2.52. The summed E-state index contributed by atoms with van der Waals surface area (Å²) in [5, 5.41) is 14.4. The van der Waals surface area contributed by atoms with Gasteiger partial charge in [0.1, 0.15) is 5.54 Å². The van der Waals surface area contributed by atoms with Crippen LogP contribution in [0.25, 0.3) is 0 Å². The quantitative estimate of drug-likeness (QED) is 0.537. The number of carbonyl (C=O) groups excluding carboxylic acids is 1. The van der Waals surface area contributed by atoms with E-state index in [-0.39, 0.29) is 5.91 Å². The molecule has 0 fully saturated rings. The molecule has 1 unspecified atom stereocenters. The zero-order valence-electron chi connectivity index (χ0n) is 9.59. The second-order valence-corrected chi connectivity index (χ2v) is 3.64. The van der Waals surface area contributed by atoms with Crippen molar-refractivity contribution < 1.29 is 14.7 Å². The van der Waals surface area contributed by atoms with Crippen LogP contribution in [-0.2, 0) is 9.59 Å². The van der Waals surface area contributed by atoms with Crippen LogP contribution in [-0.4, -0.2) is 35.6 Å². The zero-order chi connectivity index (χ0) is 11.9. The highest BCUT2D eigenvalue weighted by atomic mass is 16.4. The van der Waals surface area contributed by atoms with Gasteiger partial charge in [0, 0.05) is 13.0 Å². The minimum atomic E-state index is -1.15. The summed E-state index contributed by atoms with van der Waals surface area (Å²) in [5.41, 5.74) is -1.15. The molecule has 0 aromatic carbocycles. The van der Waals surface area contributed by atoms with Crippen LogP contribution in [0.2, 0.25) is 0 Å². The van der Waals surface area contributed by atoms with Gasteiger partial charge in [-0.25, -0.2) is 4.79 Å². The highest BCUT2D eigenvalue weighted by Gasteiger charge is 2.32. The van der Waals surface area contributed by atoms with Gasteiger partial charge in [-0.2, -0.15) is 0 Å². The lowest BCUT2D eigenvalue weighted by molar-refractivity contribution is -0.147. The number of carboxylic acids is 1. The van der Waals surface area contributed by atoms with Crippen LogP contribution < -0.4 is 10.6 Å². The lowest BCUT2D eigenvalue weighted by atomic mass is 9.99. The van der Waals surface area contributed by atoms with Gasteiger partial charge >= 0.3 is 5.97 Å². The second kappa shape index (κ2) is 6.40. The molecule has 1 amide bonds. The van der Waals surface area contributed by atoms with Crippen molar-refractivity contribution in [3.8, 4) is 0 Å². The number of hydrogen-bond donors (Lipinski definition) is 3. The smallest absolute Gasteiger partial charge is 0.329 e. The average Bonchev–Trinajstić information content (AvgIpc) is 2.17. The molecular formula is C10H20N2O3. The average molecular weight is 216 g/mol. The maximum atomic E-state index is 11.4. The standard InChI is InChI=1S/C10H20N2O3/c1-4-10(3,9(14)15)12-8(13)6-7-11-5-2/h11H,4-7H2,1-3H3,(H,12,13)(H,14,15). The SMILES string of the molecule is CCNCCC(=O)NC(C)(CC)C(=O)O. The van der Waals surface area contributed by atoms with Crippen molar-refractivity contribution in [1.82, 2.24) is 10.6 Å². The Morgan fingerprint density at radius 3 is 2.33 bits per heavy atom. The van der Waals surface area contributed by atoms with Gasteiger partial charge in [0.05, 0.1) is 0 Å². The fourth-order valence-corrected chi connectivity index (χ4v) is 1.04. The first kappa shape index (κ1) is 13.9. The van der Waals surface area contributed by atoms with Crippen LogP contribution >= 0.6 is 0 Å². The van der Waals surface area contributed by atoms with E-state index in [4.69, 9.17) is 5.11 Å². The van der Waals surface area contributed by atoms with E-state index >= 15 is 0 Å². The number of carbonyl (C=O) groups is 2. The van der Waals surface area contributed by atoms with Crippen LogP contribution in [0.5, 0.6) is 0 Å². The van der Waals surface area contributed by atoms with Gasteiger partial charge in [0.25, 0.3) is 0 Å². The number of nitrogens with one attached hydrogen (secondary N) is 2. The van der Waals surface area contributed by atoms with Crippen molar-refractivity contribution in [3.05, 3.63) is 0 Å². The Morgan fingerprint density at radius 2 is 1.93 bits per heavy atom. The van der Waals surface area contributed by atoms with Crippen molar-refractivity contribution in [1.29, 1.82) is 0 Å². The Balaban J connectivity index is 4.08. The van der Waals surface area contributed by atoms with E-state index in [2.05, 4.69) is 10.6 Å². The maximum Gasteiger partial charge on any atom is 0.329 e. The molecule has 1 atom stereocenters. The number of hydrogen-bond acceptors (Lipinski definition) is 3. The first-order chi connectivity index (χ1) is 6.96. The number of amides is 1. The summed E-state index contributed by atoms with van der Waals surface area (Å²) in [7, 11) is 0. The molecule has 0 bridgehead atoms. The van der Waals surface area contributed by atoms with Crippen molar-refractivity contribution in [2.24, 2.45) is 0 Å². The predicted molar refractivity (Wildman–Crippen MR) is 57.6 cm³/mol. The molecule has 0 spiro atoms. The molecule has 0 saturated carbocycles. The zero-order valence-corrected chi connectivity index (χ0v) is 9.59. The number of rotatable bonds is 7. The molecule has 88 valence electrons. The van der Waals surface area contributed by atoms with Crippen LogP contribution in [0.1, 0.15) is 33.6 Å². The summed E-state index contributed by atoms with van der Waals surface area (Å²) in [5.74, 6) is -1.23. The monoisotopic (exact) mass is 216 g/mol. The Kier molecular flexibility index (Phi) is 5.93. The highest BCUT2D eigenvalue weighted by molar-refractivity contribution is 5.86. The molecule has 0 saturated heterocycles. The summed E-state index contributed by atoms with van der Waals surface area (Å²) in [6.45, 7) is 6.57. The van der Waals surface area contributed by atoms with E-state index in [1.165, 1.54) is 6.92 Å². The topological polar surface area (TPSA) is 78.4 Å². The molecule has 15 heavy (non-hydrogen) atoms. The van der Waals surface area contributed by atoms with Crippen LogP contribution in [0, 0.1) is 0 Å². The number of carboxylic acid groups (broad SMARTS) is 1. The van der Waals surface area contributed by atoms with Gasteiger partial charge in [-0.3, -0.25) is 4.79 Å². The molecule has 0 rings (SSSR count). The fraction of sp³-hybridized carbons (Fsp3) is 0.800. The Bertz CT molecular complexity index is 231. The van der Waals surface area contributed by atoms with Crippen molar-refractivity contribution in [2.45, 2.75) is 39.2 Å². The van der Waals surface area contributed by atoms with Gasteiger partial charge < -0.3 is 15.7 Å². The minimum absolute atomic E-state index is 0.234. The van der Waals surface area contributed by atoms with E-state index in [9.17, 15) is 9.59 Å². The van der Waals surface area contributed by atoms with E-state index in [0.29, 0.717) is 19.4 Å². The lowest BCUT2D eigenvalue weighted by Gasteiger charge is -2.24. The summed E-state index contributed by atoms with van der Waals surface area (Å²) < 4.78 is 0. The van der Waals surface area contributed by atoms with Crippen molar-refractivity contribution >= 4 is 11.9 Å². The molecule has 0 aromatic rings. The molecular weight excluding hydrogens is 196 g/mol. The summed E-state index contributed by atoms with van der Waals surface area (Å²) >= 11 is 0. The molecule has 0 heterocycles. The van der Waals surface area contributed by atoms with E-state index in [0.717, 1.165) is 6.54 Å². The third-order valence-electron chi connectivity index (χ3n) is 2.37.